The maximum atomic E-state index is 15.4. The number of ether oxygens (including phenoxy) is 2. The molecule has 0 radical (unpaired) electrons. The maximum absolute atomic E-state index is 15.4. The Labute approximate surface area is 228 Å². The maximum Gasteiger partial charge on any atom is 0.223 e. The summed E-state index contributed by atoms with van der Waals surface area (Å²) < 4.78 is 39.6. The van der Waals surface area contributed by atoms with Crippen molar-refractivity contribution in [3.63, 3.8) is 0 Å². The van der Waals surface area contributed by atoms with Gasteiger partial charge in [0.1, 0.15) is 11.9 Å². The van der Waals surface area contributed by atoms with E-state index in [0.29, 0.717) is 30.6 Å². The number of fused-ring (bicyclic) bond motifs is 1. The molecule has 5 nitrogen and oxygen atoms in total. The van der Waals surface area contributed by atoms with Crippen molar-refractivity contribution in [1.29, 1.82) is 5.26 Å². The Kier molecular flexibility index (Phi) is 8.53. The van der Waals surface area contributed by atoms with E-state index in [1.165, 1.54) is 0 Å². The molecule has 202 valence electrons. The Hall–Kier alpha value is -3.76. The van der Waals surface area contributed by atoms with E-state index in [4.69, 9.17) is 9.47 Å². The van der Waals surface area contributed by atoms with Gasteiger partial charge in [0.05, 0.1) is 24.9 Å². The highest BCUT2D eigenvalue weighted by molar-refractivity contribution is 6.00. The van der Waals surface area contributed by atoms with Crippen LogP contribution in [0.3, 0.4) is 0 Å². The number of halogens is 2. The minimum atomic E-state index is -0.552. The van der Waals surface area contributed by atoms with Gasteiger partial charge in [-0.25, -0.2) is 0 Å². The van der Waals surface area contributed by atoms with Crippen molar-refractivity contribution in [3.8, 4) is 17.7 Å². The molecular formula is C32H33F2N3O2. The third-order valence-electron chi connectivity index (χ3n) is 7.40. The van der Waals surface area contributed by atoms with Crippen LogP contribution < -0.4 is 9.47 Å². The normalized spacial score (nSPS) is 17.4. The zero-order valence-corrected chi connectivity index (χ0v) is 22.3. The van der Waals surface area contributed by atoms with E-state index in [2.05, 4.69) is 16.0 Å². The largest absolute Gasteiger partial charge is 0.489 e. The highest BCUT2D eigenvalue weighted by atomic mass is 19.1. The number of rotatable bonds is 9. The highest BCUT2D eigenvalue weighted by Gasteiger charge is 2.25. The lowest BCUT2D eigenvalue weighted by Crippen LogP contribution is -2.26. The molecule has 1 saturated heterocycles. The molecule has 1 aromatic heterocycles. The summed E-state index contributed by atoms with van der Waals surface area (Å²) in [7, 11) is 0. The fraction of sp³-hybridized carbons (Fsp3) is 0.375. The lowest BCUT2D eigenvalue weighted by molar-refractivity contribution is 0.198. The molecule has 2 heterocycles. The minimum absolute atomic E-state index is 0.0808. The Balaban J connectivity index is 1.50. The molecule has 39 heavy (non-hydrogen) atoms. The van der Waals surface area contributed by atoms with Gasteiger partial charge in [0.2, 0.25) is 11.8 Å². The summed E-state index contributed by atoms with van der Waals surface area (Å²) in [6, 6.07) is 19.4. The summed E-state index contributed by atoms with van der Waals surface area (Å²) in [6.07, 6.45) is 3.86. The molecule has 1 aliphatic heterocycles. The first-order valence-electron chi connectivity index (χ1n) is 13.7. The van der Waals surface area contributed by atoms with E-state index in [9.17, 15) is 9.65 Å². The van der Waals surface area contributed by atoms with Gasteiger partial charge in [0, 0.05) is 31.3 Å². The van der Waals surface area contributed by atoms with Gasteiger partial charge in [-0.3, -0.25) is 9.29 Å². The topological polar surface area (TPSA) is 58.4 Å². The van der Waals surface area contributed by atoms with Crippen LogP contribution in [0.2, 0.25) is 0 Å². The number of aromatic nitrogens is 1. The summed E-state index contributed by atoms with van der Waals surface area (Å²) in [4.78, 5) is 6.31. The van der Waals surface area contributed by atoms with Crippen molar-refractivity contribution in [2.45, 2.75) is 45.1 Å². The molecule has 1 aliphatic carbocycles. The van der Waals surface area contributed by atoms with E-state index in [1.807, 2.05) is 49.4 Å². The zero-order valence-electron chi connectivity index (χ0n) is 22.3. The number of nitriles is 1. The number of likely N-dealkylation sites (tertiary alicyclic amines) is 1. The molecule has 2 aromatic carbocycles. The molecule has 0 spiro atoms. The first-order chi connectivity index (χ1) is 19.1. The average Bonchev–Trinajstić information content (AvgIpc) is 3.31. The highest BCUT2D eigenvalue weighted by Crippen LogP contribution is 2.41. The van der Waals surface area contributed by atoms with Crippen molar-refractivity contribution in [2.24, 2.45) is 0 Å². The number of alkyl halides is 1. The van der Waals surface area contributed by atoms with Crippen molar-refractivity contribution in [2.75, 3.05) is 32.9 Å². The number of pyridine rings is 1. The van der Waals surface area contributed by atoms with Gasteiger partial charge < -0.3 is 9.47 Å². The van der Waals surface area contributed by atoms with Gasteiger partial charge in [0.25, 0.3) is 0 Å². The van der Waals surface area contributed by atoms with E-state index >= 15 is 4.39 Å². The van der Waals surface area contributed by atoms with Crippen LogP contribution in [0.5, 0.6) is 11.6 Å². The third kappa shape index (κ3) is 6.12. The molecule has 0 N–H and O–H groups in total. The van der Waals surface area contributed by atoms with Gasteiger partial charge in [-0.05, 0) is 97.2 Å². The number of nitrogens with zero attached hydrogens (tertiary/aromatic N) is 3. The lowest BCUT2D eigenvalue weighted by Gasteiger charge is -2.19. The van der Waals surface area contributed by atoms with Crippen LogP contribution in [-0.2, 0) is 6.42 Å². The standard InChI is InChI=1S/C32H33F2N3O2/c1-2-38-30-14-13-29(32(34)36-30)28-6-3-5-24-19-22(20-35)7-12-27(24)31(28)23-8-10-25(11-9-23)39-26-15-18-37(21-26)17-4-16-33/h7-14,19,26H,2-6,15-18,21H2,1H3. The van der Waals surface area contributed by atoms with Crippen LogP contribution in [0.4, 0.5) is 8.78 Å². The Morgan fingerprint density at radius 3 is 2.64 bits per heavy atom. The van der Waals surface area contributed by atoms with Crippen LogP contribution in [0.25, 0.3) is 11.1 Å². The van der Waals surface area contributed by atoms with E-state index in [1.54, 1.807) is 12.1 Å². The predicted molar refractivity (Wildman–Crippen MR) is 148 cm³/mol. The molecule has 7 heteroatoms. The second kappa shape index (κ2) is 12.4. The smallest absolute Gasteiger partial charge is 0.223 e. The van der Waals surface area contributed by atoms with Gasteiger partial charge in [-0.1, -0.05) is 18.2 Å². The van der Waals surface area contributed by atoms with Gasteiger partial charge in [-0.15, -0.1) is 0 Å². The quantitative estimate of drug-likeness (QED) is 0.292. The summed E-state index contributed by atoms with van der Waals surface area (Å²) in [5.41, 5.74) is 5.95. The number of aryl methyl sites for hydroxylation is 1. The summed E-state index contributed by atoms with van der Waals surface area (Å²) >= 11 is 0. The fourth-order valence-corrected chi connectivity index (χ4v) is 5.60. The van der Waals surface area contributed by atoms with Crippen LogP contribution in [0, 0.1) is 17.3 Å². The SMILES string of the molecule is CCOc1ccc(C2=C(c3ccc(OC4CCN(CCCF)C4)cc3)c3ccc(C#N)cc3CCC2)c(F)n1. The fourth-order valence-electron chi connectivity index (χ4n) is 5.60. The number of benzene rings is 2. The summed E-state index contributed by atoms with van der Waals surface area (Å²) in [5, 5.41) is 9.47. The Morgan fingerprint density at radius 1 is 1.08 bits per heavy atom. The van der Waals surface area contributed by atoms with Crippen LogP contribution in [0.15, 0.2) is 54.6 Å². The predicted octanol–water partition coefficient (Wildman–Crippen LogP) is 6.60. The van der Waals surface area contributed by atoms with Crippen LogP contribution in [0.1, 0.15) is 60.4 Å². The molecule has 2 aliphatic rings. The van der Waals surface area contributed by atoms with Crippen molar-refractivity contribution >= 4 is 11.1 Å². The molecule has 0 amide bonds. The second-order valence-electron chi connectivity index (χ2n) is 10.0. The van der Waals surface area contributed by atoms with E-state index < -0.39 is 5.95 Å². The summed E-state index contributed by atoms with van der Waals surface area (Å²) in [6.45, 7) is 4.45. The van der Waals surface area contributed by atoms with Crippen LogP contribution >= 0.6 is 0 Å². The van der Waals surface area contributed by atoms with E-state index in [0.717, 1.165) is 72.5 Å². The Morgan fingerprint density at radius 2 is 1.90 bits per heavy atom. The van der Waals surface area contributed by atoms with Crippen LogP contribution in [-0.4, -0.2) is 48.9 Å². The van der Waals surface area contributed by atoms with E-state index in [-0.39, 0.29) is 18.7 Å². The average molecular weight is 530 g/mol. The molecule has 1 fully saturated rings. The van der Waals surface area contributed by atoms with Crippen molar-refractivity contribution < 1.29 is 18.3 Å². The first kappa shape index (κ1) is 26.8. The first-order valence-corrected chi connectivity index (χ1v) is 13.7. The lowest BCUT2D eigenvalue weighted by atomic mass is 9.87. The van der Waals surface area contributed by atoms with Gasteiger partial charge in [-0.2, -0.15) is 14.6 Å². The number of hydrogen-bond donors (Lipinski definition) is 0. The third-order valence-corrected chi connectivity index (χ3v) is 7.40. The van der Waals surface area contributed by atoms with Crippen molar-refractivity contribution in [3.05, 3.63) is 88.4 Å². The molecule has 5 rings (SSSR count). The second-order valence-corrected chi connectivity index (χ2v) is 10.0. The molecule has 1 atom stereocenters. The van der Waals surface area contributed by atoms with Gasteiger partial charge in [0.15, 0.2) is 0 Å². The van der Waals surface area contributed by atoms with Gasteiger partial charge >= 0.3 is 0 Å². The number of allylic oxidation sites excluding steroid dienone is 1. The molecular weight excluding hydrogens is 496 g/mol. The zero-order chi connectivity index (χ0) is 27.2. The molecule has 0 saturated carbocycles. The summed E-state index contributed by atoms with van der Waals surface area (Å²) in [5.74, 6) is 0.495. The molecule has 1 unspecified atom stereocenters. The van der Waals surface area contributed by atoms with Crippen molar-refractivity contribution in [1.82, 2.24) is 9.88 Å². The Bertz CT molecular complexity index is 1380. The monoisotopic (exact) mass is 529 g/mol. The molecule has 3 aromatic rings. The molecule has 0 bridgehead atoms. The minimum Gasteiger partial charge on any atom is -0.489 e. The number of hydrogen-bond acceptors (Lipinski definition) is 5.